The normalized spacial score (nSPS) is 11.3. The van der Waals surface area contributed by atoms with Crippen molar-refractivity contribution in [3.05, 3.63) is 35.7 Å². The van der Waals surface area contributed by atoms with Crippen LogP contribution in [0, 0.1) is 13.8 Å². The number of hydrogen-bond acceptors (Lipinski definition) is 4. The first-order valence-corrected chi connectivity index (χ1v) is 7.55. The molecule has 0 aliphatic rings. The first-order valence-electron chi connectivity index (χ1n) is 7.55. The van der Waals surface area contributed by atoms with Crippen molar-refractivity contribution in [2.45, 2.75) is 39.7 Å². The maximum absolute atomic E-state index is 12.1. The maximum atomic E-state index is 12.1. The molecule has 1 aromatic heterocycles. The van der Waals surface area contributed by atoms with E-state index in [0.717, 1.165) is 17.0 Å². The van der Waals surface area contributed by atoms with E-state index in [0.29, 0.717) is 18.0 Å². The van der Waals surface area contributed by atoms with Gasteiger partial charge in [-0.3, -0.25) is 0 Å². The summed E-state index contributed by atoms with van der Waals surface area (Å²) >= 11 is 0. The Labute approximate surface area is 135 Å². The third kappa shape index (κ3) is 4.56. The van der Waals surface area contributed by atoms with Gasteiger partial charge in [0, 0.05) is 23.4 Å². The SMILES string of the molecule is Cc1nc(-c2cccc(NC(=O)NC(C)(C)CCO)c2)oc1C. The van der Waals surface area contributed by atoms with Crippen molar-refractivity contribution in [3.63, 3.8) is 0 Å². The zero-order valence-corrected chi connectivity index (χ0v) is 13.9. The Hall–Kier alpha value is -2.34. The number of rotatable bonds is 5. The molecule has 0 radical (unpaired) electrons. The van der Waals surface area contributed by atoms with E-state index in [1.807, 2.05) is 45.9 Å². The minimum absolute atomic E-state index is 0.0195. The van der Waals surface area contributed by atoms with Crippen molar-refractivity contribution in [2.75, 3.05) is 11.9 Å². The lowest BCUT2D eigenvalue weighted by Crippen LogP contribution is -2.46. The standard InChI is InChI=1S/C17H23N3O3/c1-11-12(2)23-15(18-11)13-6-5-7-14(10-13)19-16(22)20-17(3,4)8-9-21/h5-7,10,21H,8-9H2,1-4H3,(H2,19,20,22). The molecule has 2 aromatic rings. The number of benzene rings is 1. The Morgan fingerprint density at radius 2 is 2.09 bits per heavy atom. The molecule has 6 nitrogen and oxygen atoms in total. The van der Waals surface area contributed by atoms with Gasteiger partial charge in [-0.25, -0.2) is 9.78 Å². The minimum Gasteiger partial charge on any atom is -0.441 e. The molecule has 1 heterocycles. The number of aliphatic hydroxyl groups excluding tert-OH is 1. The Kier molecular flexibility index (Phi) is 5.05. The van der Waals surface area contributed by atoms with Gasteiger partial charge in [-0.1, -0.05) is 6.07 Å². The third-order valence-corrected chi connectivity index (χ3v) is 3.58. The summed E-state index contributed by atoms with van der Waals surface area (Å²) in [5.41, 5.74) is 1.82. The number of nitrogens with one attached hydrogen (secondary N) is 2. The fraction of sp³-hybridized carbons (Fsp3) is 0.412. The number of amides is 2. The van der Waals surface area contributed by atoms with E-state index in [4.69, 9.17) is 9.52 Å². The molecule has 3 N–H and O–H groups in total. The molecule has 0 spiro atoms. The molecule has 0 saturated heterocycles. The first kappa shape index (κ1) is 17.0. The smallest absolute Gasteiger partial charge is 0.319 e. The average molecular weight is 317 g/mol. The zero-order chi connectivity index (χ0) is 17.0. The molecular weight excluding hydrogens is 294 g/mol. The molecule has 0 saturated carbocycles. The van der Waals surface area contributed by atoms with Gasteiger partial charge in [0.25, 0.3) is 0 Å². The van der Waals surface area contributed by atoms with Crippen LogP contribution in [0.15, 0.2) is 28.7 Å². The van der Waals surface area contributed by atoms with Crippen LogP contribution >= 0.6 is 0 Å². The Morgan fingerprint density at radius 3 is 2.70 bits per heavy atom. The van der Waals surface area contributed by atoms with Crippen LogP contribution in [-0.2, 0) is 0 Å². The maximum Gasteiger partial charge on any atom is 0.319 e. The predicted molar refractivity (Wildman–Crippen MR) is 89.3 cm³/mol. The van der Waals surface area contributed by atoms with Gasteiger partial charge in [0.1, 0.15) is 5.76 Å². The lowest BCUT2D eigenvalue weighted by molar-refractivity contribution is 0.218. The topological polar surface area (TPSA) is 87.4 Å². The van der Waals surface area contributed by atoms with Gasteiger partial charge in [-0.2, -0.15) is 0 Å². The van der Waals surface area contributed by atoms with Crippen molar-refractivity contribution in [1.82, 2.24) is 10.3 Å². The number of nitrogens with zero attached hydrogens (tertiary/aromatic N) is 1. The van der Waals surface area contributed by atoms with Crippen molar-refractivity contribution in [1.29, 1.82) is 0 Å². The number of anilines is 1. The summed E-state index contributed by atoms with van der Waals surface area (Å²) in [6.07, 6.45) is 0.481. The highest BCUT2D eigenvalue weighted by molar-refractivity contribution is 5.90. The molecule has 2 rings (SSSR count). The number of aryl methyl sites for hydroxylation is 2. The molecule has 0 fully saturated rings. The highest BCUT2D eigenvalue weighted by Crippen LogP contribution is 2.24. The molecular formula is C17H23N3O3. The lowest BCUT2D eigenvalue weighted by Gasteiger charge is -2.25. The van der Waals surface area contributed by atoms with Crippen LogP contribution in [-0.4, -0.2) is 28.3 Å². The van der Waals surface area contributed by atoms with E-state index in [1.54, 1.807) is 6.07 Å². The molecule has 0 unspecified atom stereocenters. The molecule has 23 heavy (non-hydrogen) atoms. The molecule has 0 aliphatic carbocycles. The third-order valence-electron chi connectivity index (χ3n) is 3.58. The van der Waals surface area contributed by atoms with Gasteiger partial charge in [0.15, 0.2) is 0 Å². The van der Waals surface area contributed by atoms with Gasteiger partial charge in [-0.15, -0.1) is 0 Å². The zero-order valence-electron chi connectivity index (χ0n) is 13.9. The molecule has 2 amide bonds. The number of carbonyl (C=O) groups is 1. The summed E-state index contributed by atoms with van der Waals surface area (Å²) < 4.78 is 5.61. The van der Waals surface area contributed by atoms with E-state index in [1.165, 1.54) is 0 Å². The Balaban J connectivity index is 2.10. The Morgan fingerprint density at radius 1 is 1.35 bits per heavy atom. The second kappa shape index (κ2) is 6.83. The van der Waals surface area contributed by atoms with Crippen LogP contribution in [0.4, 0.5) is 10.5 Å². The van der Waals surface area contributed by atoms with Gasteiger partial charge in [0.05, 0.1) is 5.69 Å². The quantitative estimate of drug-likeness (QED) is 0.790. The summed E-state index contributed by atoms with van der Waals surface area (Å²) in [5.74, 6) is 1.31. The van der Waals surface area contributed by atoms with Gasteiger partial charge in [-0.05, 0) is 52.3 Å². The first-order chi connectivity index (χ1) is 10.8. The van der Waals surface area contributed by atoms with Crippen molar-refractivity contribution in [2.24, 2.45) is 0 Å². The molecule has 0 atom stereocenters. The second-order valence-corrected chi connectivity index (χ2v) is 6.18. The highest BCUT2D eigenvalue weighted by atomic mass is 16.4. The molecule has 124 valence electrons. The van der Waals surface area contributed by atoms with Crippen LogP contribution in [0.25, 0.3) is 11.5 Å². The monoisotopic (exact) mass is 317 g/mol. The van der Waals surface area contributed by atoms with Crippen LogP contribution in [0.3, 0.4) is 0 Å². The average Bonchev–Trinajstić information content (AvgIpc) is 2.78. The summed E-state index contributed by atoms with van der Waals surface area (Å²) in [6.45, 7) is 7.49. The summed E-state index contributed by atoms with van der Waals surface area (Å²) in [4.78, 5) is 16.4. The van der Waals surface area contributed by atoms with E-state index < -0.39 is 5.54 Å². The number of oxazole rings is 1. The molecule has 0 aliphatic heterocycles. The van der Waals surface area contributed by atoms with Crippen LogP contribution < -0.4 is 10.6 Å². The number of hydrogen-bond donors (Lipinski definition) is 3. The van der Waals surface area contributed by atoms with Gasteiger partial charge < -0.3 is 20.2 Å². The van der Waals surface area contributed by atoms with E-state index >= 15 is 0 Å². The fourth-order valence-corrected chi connectivity index (χ4v) is 2.14. The van der Waals surface area contributed by atoms with Crippen molar-refractivity contribution < 1.29 is 14.3 Å². The number of urea groups is 1. The van der Waals surface area contributed by atoms with Crippen molar-refractivity contribution >= 4 is 11.7 Å². The van der Waals surface area contributed by atoms with E-state index in [-0.39, 0.29) is 12.6 Å². The fourth-order valence-electron chi connectivity index (χ4n) is 2.14. The largest absolute Gasteiger partial charge is 0.441 e. The number of aliphatic hydroxyl groups is 1. The predicted octanol–water partition coefficient (Wildman–Crippen LogP) is 3.24. The summed E-state index contributed by atoms with van der Waals surface area (Å²) in [6, 6.07) is 7.00. The highest BCUT2D eigenvalue weighted by Gasteiger charge is 2.19. The van der Waals surface area contributed by atoms with Gasteiger partial charge in [0.2, 0.25) is 5.89 Å². The minimum atomic E-state index is -0.479. The van der Waals surface area contributed by atoms with Gasteiger partial charge >= 0.3 is 6.03 Å². The van der Waals surface area contributed by atoms with Crippen LogP contribution in [0.5, 0.6) is 0 Å². The summed E-state index contributed by atoms with van der Waals surface area (Å²) in [7, 11) is 0. The van der Waals surface area contributed by atoms with E-state index in [2.05, 4.69) is 15.6 Å². The number of aromatic nitrogens is 1. The Bertz CT molecular complexity index is 673. The second-order valence-electron chi connectivity index (χ2n) is 6.18. The van der Waals surface area contributed by atoms with Crippen LogP contribution in [0.1, 0.15) is 31.7 Å². The molecule has 0 bridgehead atoms. The van der Waals surface area contributed by atoms with Crippen LogP contribution in [0.2, 0.25) is 0 Å². The number of carbonyl (C=O) groups excluding carboxylic acids is 1. The molecule has 6 heteroatoms. The molecule has 1 aromatic carbocycles. The lowest BCUT2D eigenvalue weighted by atomic mass is 10.0. The van der Waals surface area contributed by atoms with E-state index in [9.17, 15) is 4.79 Å². The summed E-state index contributed by atoms with van der Waals surface area (Å²) in [5, 5.41) is 14.6. The van der Waals surface area contributed by atoms with Crippen molar-refractivity contribution in [3.8, 4) is 11.5 Å².